The van der Waals surface area contributed by atoms with Crippen molar-refractivity contribution >= 4 is 5.95 Å². The molecule has 2 aromatic heterocycles. The Hall–Kier alpha value is -2.02. The predicted octanol–water partition coefficient (Wildman–Crippen LogP) is 2.30. The van der Waals surface area contributed by atoms with Crippen molar-refractivity contribution in [2.75, 3.05) is 11.4 Å². The van der Waals surface area contributed by atoms with E-state index >= 15 is 0 Å². The van der Waals surface area contributed by atoms with E-state index in [4.69, 9.17) is 14.4 Å². The van der Waals surface area contributed by atoms with Crippen LogP contribution in [0.5, 0.6) is 0 Å². The van der Waals surface area contributed by atoms with Gasteiger partial charge in [0.05, 0.1) is 6.10 Å². The van der Waals surface area contributed by atoms with Gasteiger partial charge in [0.15, 0.2) is 0 Å². The van der Waals surface area contributed by atoms with Crippen LogP contribution in [0.1, 0.15) is 55.0 Å². The molecule has 24 heavy (non-hydrogen) atoms. The SMILES string of the molecule is Cc1nnc([C@H]2C[C@@H](O)CN2c2nc(C)c(CC(C)C)c(C)n2)o1. The Balaban J connectivity index is 1.94. The number of nitrogens with zero attached hydrogens (tertiary/aromatic N) is 5. The first kappa shape index (κ1) is 16.8. The van der Waals surface area contributed by atoms with Crippen LogP contribution in [-0.4, -0.2) is 37.9 Å². The molecule has 0 aliphatic carbocycles. The number of hydrogen-bond donors (Lipinski definition) is 1. The third-order valence-electron chi connectivity index (χ3n) is 4.38. The largest absolute Gasteiger partial charge is 0.423 e. The van der Waals surface area contributed by atoms with Crippen LogP contribution in [0, 0.1) is 26.7 Å². The minimum absolute atomic E-state index is 0.184. The minimum Gasteiger partial charge on any atom is -0.423 e. The number of anilines is 1. The van der Waals surface area contributed by atoms with Crippen molar-refractivity contribution in [2.45, 2.75) is 59.6 Å². The highest BCUT2D eigenvalue weighted by molar-refractivity contribution is 5.40. The van der Waals surface area contributed by atoms with Gasteiger partial charge in [-0.2, -0.15) is 0 Å². The second kappa shape index (κ2) is 6.47. The number of aliphatic hydroxyl groups excluding tert-OH is 1. The van der Waals surface area contributed by atoms with Crippen LogP contribution >= 0.6 is 0 Å². The molecule has 0 spiro atoms. The number of β-amino-alcohol motifs (C(OH)–C–C–N with tert-alkyl or cyclic N) is 1. The molecule has 2 atom stereocenters. The van der Waals surface area contributed by atoms with Gasteiger partial charge in [0.1, 0.15) is 6.04 Å². The molecule has 2 aromatic rings. The summed E-state index contributed by atoms with van der Waals surface area (Å²) < 4.78 is 5.57. The summed E-state index contributed by atoms with van der Waals surface area (Å²) in [7, 11) is 0. The smallest absolute Gasteiger partial charge is 0.239 e. The van der Waals surface area contributed by atoms with Crippen LogP contribution in [0.25, 0.3) is 0 Å². The number of rotatable bonds is 4. The van der Waals surface area contributed by atoms with Crippen LogP contribution in [0.3, 0.4) is 0 Å². The molecule has 7 nitrogen and oxygen atoms in total. The monoisotopic (exact) mass is 331 g/mol. The molecule has 1 aliphatic heterocycles. The van der Waals surface area contributed by atoms with Crippen LogP contribution in [0.15, 0.2) is 4.42 Å². The maximum absolute atomic E-state index is 10.1. The lowest BCUT2D eigenvalue weighted by molar-refractivity contribution is 0.192. The predicted molar refractivity (Wildman–Crippen MR) is 89.8 cm³/mol. The zero-order valence-corrected chi connectivity index (χ0v) is 14.9. The van der Waals surface area contributed by atoms with Crippen molar-refractivity contribution in [3.8, 4) is 0 Å². The lowest BCUT2D eigenvalue weighted by atomic mass is 10.0. The Morgan fingerprint density at radius 3 is 2.38 bits per heavy atom. The summed E-state index contributed by atoms with van der Waals surface area (Å²) in [5.41, 5.74) is 3.19. The summed E-state index contributed by atoms with van der Waals surface area (Å²) in [6.45, 7) is 10.7. The van der Waals surface area contributed by atoms with E-state index in [0.717, 1.165) is 17.8 Å². The summed E-state index contributed by atoms with van der Waals surface area (Å²) in [5, 5.41) is 18.1. The third-order valence-corrected chi connectivity index (χ3v) is 4.38. The molecule has 1 aliphatic rings. The van der Waals surface area contributed by atoms with Crippen LogP contribution < -0.4 is 4.90 Å². The molecule has 130 valence electrons. The zero-order valence-electron chi connectivity index (χ0n) is 14.9. The lowest BCUT2D eigenvalue weighted by Gasteiger charge is -2.23. The summed E-state index contributed by atoms with van der Waals surface area (Å²) in [4.78, 5) is 11.4. The third kappa shape index (κ3) is 3.26. The van der Waals surface area contributed by atoms with Gasteiger partial charge in [0, 0.05) is 31.3 Å². The van der Waals surface area contributed by atoms with Crippen LogP contribution in [0.4, 0.5) is 5.95 Å². The van der Waals surface area contributed by atoms with Crippen LogP contribution in [0.2, 0.25) is 0 Å². The molecular formula is C17H25N5O2. The number of hydrogen-bond acceptors (Lipinski definition) is 7. The van der Waals surface area contributed by atoms with Gasteiger partial charge >= 0.3 is 0 Å². The Morgan fingerprint density at radius 2 is 1.83 bits per heavy atom. The van der Waals surface area contributed by atoms with Crippen molar-refractivity contribution in [2.24, 2.45) is 5.92 Å². The molecule has 0 saturated carbocycles. The average molecular weight is 331 g/mol. The summed E-state index contributed by atoms with van der Waals surface area (Å²) >= 11 is 0. The molecule has 7 heteroatoms. The van der Waals surface area contributed by atoms with Crippen molar-refractivity contribution in [1.82, 2.24) is 20.2 Å². The minimum atomic E-state index is -0.457. The fourth-order valence-electron chi connectivity index (χ4n) is 3.27. The molecule has 0 aromatic carbocycles. The first-order valence-electron chi connectivity index (χ1n) is 8.44. The van der Waals surface area contributed by atoms with Gasteiger partial charge in [-0.25, -0.2) is 9.97 Å². The molecule has 0 bridgehead atoms. The standard InChI is InChI=1S/C17H25N5O2/c1-9(2)6-14-10(3)18-17(19-11(14)4)22-8-13(23)7-15(22)16-21-20-12(5)24-16/h9,13,15,23H,6-8H2,1-5H3/t13-,15-/m1/s1. The normalized spacial score (nSPS) is 21.0. The maximum atomic E-state index is 10.1. The maximum Gasteiger partial charge on any atom is 0.239 e. The summed E-state index contributed by atoms with van der Waals surface area (Å²) in [5.74, 6) is 2.20. The average Bonchev–Trinajstić information content (AvgIpc) is 3.08. The van der Waals surface area contributed by atoms with E-state index < -0.39 is 6.10 Å². The van der Waals surface area contributed by atoms with Crippen molar-refractivity contribution in [3.05, 3.63) is 28.7 Å². The second-order valence-electron chi connectivity index (χ2n) is 6.99. The van der Waals surface area contributed by atoms with Gasteiger partial charge in [0.2, 0.25) is 17.7 Å². The molecule has 3 rings (SSSR count). The highest BCUT2D eigenvalue weighted by atomic mass is 16.4. The first-order valence-corrected chi connectivity index (χ1v) is 8.44. The quantitative estimate of drug-likeness (QED) is 0.919. The van der Waals surface area contributed by atoms with Gasteiger partial charge in [-0.1, -0.05) is 13.8 Å². The van der Waals surface area contributed by atoms with E-state index in [2.05, 4.69) is 24.0 Å². The van der Waals surface area contributed by atoms with E-state index in [-0.39, 0.29) is 6.04 Å². The lowest BCUT2D eigenvalue weighted by Crippen LogP contribution is -2.27. The van der Waals surface area contributed by atoms with E-state index in [0.29, 0.717) is 36.6 Å². The van der Waals surface area contributed by atoms with Gasteiger partial charge in [0.25, 0.3) is 0 Å². The molecule has 0 amide bonds. The number of aliphatic hydroxyl groups is 1. The highest BCUT2D eigenvalue weighted by Crippen LogP contribution is 2.34. The van der Waals surface area contributed by atoms with Crippen LogP contribution in [-0.2, 0) is 6.42 Å². The molecule has 1 saturated heterocycles. The first-order chi connectivity index (χ1) is 11.3. The molecule has 0 radical (unpaired) electrons. The molecule has 0 unspecified atom stereocenters. The van der Waals surface area contributed by atoms with Crippen molar-refractivity contribution < 1.29 is 9.52 Å². The fraction of sp³-hybridized carbons (Fsp3) is 0.647. The van der Waals surface area contributed by atoms with Crippen molar-refractivity contribution in [1.29, 1.82) is 0 Å². The molecule has 1 N–H and O–H groups in total. The van der Waals surface area contributed by atoms with E-state index in [9.17, 15) is 5.11 Å². The molecular weight excluding hydrogens is 306 g/mol. The van der Waals surface area contributed by atoms with Gasteiger partial charge in [-0.3, -0.25) is 0 Å². The van der Waals surface area contributed by atoms with Gasteiger partial charge in [-0.15, -0.1) is 10.2 Å². The zero-order chi connectivity index (χ0) is 17.4. The van der Waals surface area contributed by atoms with Gasteiger partial charge < -0.3 is 14.4 Å². The van der Waals surface area contributed by atoms with Crippen molar-refractivity contribution in [3.63, 3.8) is 0 Å². The Labute approximate surface area is 142 Å². The Bertz CT molecular complexity index is 705. The van der Waals surface area contributed by atoms with E-state index in [1.54, 1.807) is 6.92 Å². The Kier molecular flexibility index (Phi) is 4.54. The van der Waals surface area contributed by atoms with E-state index in [1.165, 1.54) is 5.56 Å². The number of aryl methyl sites for hydroxylation is 3. The topological polar surface area (TPSA) is 88.2 Å². The highest BCUT2D eigenvalue weighted by Gasteiger charge is 2.37. The number of aromatic nitrogens is 4. The molecule has 1 fully saturated rings. The molecule has 3 heterocycles. The second-order valence-corrected chi connectivity index (χ2v) is 6.99. The van der Waals surface area contributed by atoms with E-state index in [1.807, 2.05) is 18.7 Å². The Morgan fingerprint density at radius 1 is 1.17 bits per heavy atom. The van der Waals surface area contributed by atoms with Gasteiger partial charge in [-0.05, 0) is 31.7 Å². The fourth-order valence-corrected chi connectivity index (χ4v) is 3.27. The summed E-state index contributed by atoms with van der Waals surface area (Å²) in [6, 6.07) is -0.184. The summed E-state index contributed by atoms with van der Waals surface area (Å²) in [6.07, 6.45) is 1.05.